The van der Waals surface area contributed by atoms with Gasteiger partial charge in [-0.15, -0.1) is 0 Å². The molecule has 0 amide bonds. The van der Waals surface area contributed by atoms with Crippen LogP contribution in [0.4, 0.5) is 4.39 Å². The van der Waals surface area contributed by atoms with Gasteiger partial charge in [-0.3, -0.25) is 0 Å². The van der Waals surface area contributed by atoms with Crippen LogP contribution in [0.3, 0.4) is 0 Å². The Labute approximate surface area is 119 Å². The summed E-state index contributed by atoms with van der Waals surface area (Å²) in [5, 5.41) is 3.36. The SMILES string of the molecule is CCCNCc1ccc(COc2cccc(F)c2)cc1. The standard InChI is InChI=1S/C17H20FNO/c1-2-10-19-12-14-6-8-15(9-7-14)13-20-17-5-3-4-16(18)11-17/h3-9,11,19H,2,10,12-13H2,1H3. The number of nitrogens with one attached hydrogen (secondary N) is 1. The normalized spacial score (nSPS) is 10.5. The smallest absolute Gasteiger partial charge is 0.126 e. The molecule has 2 aromatic rings. The minimum atomic E-state index is -0.278. The molecule has 0 aliphatic carbocycles. The molecular formula is C17H20FNO. The predicted molar refractivity (Wildman–Crippen MR) is 79.2 cm³/mol. The van der Waals surface area contributed by atoms with Gasteiger partial charge in [-0.2, -0.15) is 0 Å². The first-order valence-electron chi connectivity index (χ1n) is 6.95. The Balaban J connectivity index is 1.84. The van der Waals surface area contributed by atoms with Gasteiger partial charge in [-0.25, -0.2) is 4.39 Å². The van der Waals surface area contributed by atoms with E-state index in [1.54, 1.807) is 12.1 Å². The third-order valence-corrected chi connectivity index (χ3v) is 2.98. The summed E-state index contributed by atoms with van der Waals surface area (Å²) in [6, 6.07) is 14.5. The van der Waals surface area contributed by atoms with Gasteiger partial charge in [0.15, 0.2) is 0 Å². The van der Waals surface area contributed by atoms with E-state index in [0.29, 0.717) is 12.4 Å². The maximum Gasteiger partial charge on any atom is 0.126 e. The van der Waals surface area contributed by atoms with Crippen molar-refractivity contribution in [2.45, 2.75) is 26.5 Å². The fraction of sp³-hybridized carbons (Fsp3) is 0.294. The van der Waals surface area contributed by atoms with E-state index in [2.05, 4.69) is 24.4 Å². The summed E-state index contributed by atoms with van der Waals surface area (Å²) in [6.07, 6.45) is 1.14. The van der Waals surface area contributed by atoms with Gasteiger partial charge in [-0.05, 0) is 36.2 Å². The average Bonchev–Trinajstić information content (AvgIpc) is 2.47. The van der Waals surface area contributed by atoms with Crippen LogP contribution in [0.5, 0.6) is 5.75 Å². The van der Waals surface area contributed by atoms with Gasteiger partial charge in [-0.1, -0.05) is 37.3 Å². The first-order valence-corrected chi connectivity index (χ1v) is 6.95. The molecule has 0 saturated heterocycles. The first-order chi connectivity index (χ1) is 9.78. The van der Waals surface area contributed by atoms with E-state index < -0.39 is 0 Å². The highest BCUT2D eigenvalue weighted by Gasteiger charge is 1.98. The van der Waals surface area contributed by atoms with Crippen LogP contribution < -0.4 is 10.1 Å². The molecule has 2 rings (SSSR count). The third-order valence-electron chi connectivity index (χ3n) is 2.98. The number of hydrogen-bond donors (Lipinski definition) is 1. The Bertz CT molecular complexity index is 525. The lowest BCUT2D eigenvalue weighted by atomic mass is 10.1. The molecule has 20 heavy (non-hydrogen) atoms. The highest BCUT2D eigenvalue weighted by atomic mass is 19.1. The molecule has 0 fully saturated rings. The van der Waals surface area contributed by atoms with E-state index in [1.165, 1.54) is 17.7 Å². The first kappa shape index (κ1) is 14.5. The van der Waals surface area contributed by atoms with Crippen molar-refractivity contribution in [3.05, 3.63) is 65.5 Å². The molecule has 3 heteroatoms. The molecule has 106 valence electrons. The number of ether oxygens (including phenoxy) is 1. The van der Waals surface area contributed by atoms with Crippen LogP contribution in [0.1, 0.15) is 24.5 Å². The molecule has 0 unspecified atom stereocenters. The van der Waals surface area contributed by atoms with E-state index in [1.807, 2.05) is 12.1 Å². The number of benzene rings is 2. The summed E-state index contributed by atoms with van der Waals surface area (Å²) in [5.74, 6) is 0.276. The zero-order valence-electron chi connectivity index (χ0n) is 11.7. The van der Waals surface area contributed by atoms with E-state index in [-0.39, 0.29) is 5.82 Å². The second kappa shape index (κ2) is 7.65. The average molecular weight is 273 g/mol. The second-order valence-electron chi connectivity index (χ2n) is 4.74. The summed E-state index contributed by atoms with van der Waals surface area (Å²) in [7, 11) is 0. The van der Waals surface area contributed by atoms with Crippen LogP contribution in [-0.2, 0) is 13.2 Å². The third kappa shape index (κ3) is 4.67. The maximum absolute atomic E-state index is 13.0. The van der Waals surface area contributed by atoms with Crippen LogP contribution in [0.25, 0.3) is 0 Å². The molecule has 0 radical (unpaired) electrons. The van der Waals surface area contributed by atoms with Gasteiger partial charge in [0.05, 0.1) is 0 Å². The van der Waals surface area contributed by atoms with Gasteiger partial charge in [0.2, 0.25) is 0 Å². The quantitative estimate of drug-likeness (QED) is 0.772. The maximum atomic E-state index is 13.0. The molecule has 0 spiro atoms. The Morgan fingerprint density at radius 1 is 1.05 bits per heavy atom. The van der Waals surface area contributed by atoms with E-state index in [0.717, 1.165) is 25.1 Å². The van der Waals surface area contributed by atoms with Crippen LogP contribution in [0.2, 0.25) is 0 Å². The highest BCUT2D eigenvalue weighted by molar-refractivity contribution is 5.25. The molecule has 2 aromatic carbocycles. The molecule has 0 aliphatic heterocycles. The lowest BCUT2D eigenvalue weighted by molar-refractivity contribution is 0.304. The van der Waals surface area contributed by atoms with Crippen LogP contribution in [0, 0.1) is 5.82 Å². The zero-order chi connectivity index (χ0) is 14.2. The minimum absolute atomic E-state index is 0.278. The van der Waals surface area contributed by atoms with E-state index >= 15 is 0 Å². The van der Waals surface area contributed by atoms with Crippen LogP contribution in [0.15, 0.2) is 48.5 Å². The van der Waals surface area contributed by atoms with Crippen molar-refractivity contribution in [2.24, 2.45) is 0 Å². The Morgan fingerprint density at radius 3 is 2.50 bits per heavy atom. The van der Waals surface area contributed by atoms with Crippen molar-refractivity contribution in [1.82, 2.24) is 5.32 Å². The number of rotatable bonds is 7. The Morgan fingerprint density at radius 2 is 1.80 bits per heavy atom. The van der Waals surface area contributed by atoms with Crippen molar-refractivity contribution >= 4 is 0 Å². The summed E-state index contributed by atoms with van der Waals surface area (Å²) < 4.78 is 18.6. The summed E-state index contributed by atoms with van der Waals surface area (Å²) in [6.45, 7) is 4.52. The van der Waals surface area contributed by atoms with Crippen LogP contribution >= 0.6 is 0 Å². The molecule has 2 nitrogen and oxygen atoms in total. The predicted octanol–water partition coefficient (Wildman–Crippen LogP) is 3.90. The molecule has 0 bridgehead atoms. The summed E-state index contributed by atoms with van der Waals surface area (Å²) in [5.41, 5.74) is 2.33. The van der Waals surface area contributed by atoms with Crippen molar-refractivity contribution in [3.63, 3.8) is 0 Å². The zero-order valence-corrected chi connectivity index (χ0v) is 11.7. The lowest BCUT2D eigenvalue weighted by Gasteiger charge is -2.08. The van der Waals surface area contributed by atoms with Crippen molar-refractivity contribution in [1.29, 1.82) is 0 Å². The molecule has 0 atom stereocenters. The minimum Gasteiger partial charge on any atom is -0.489 e. The summed E-state index contributed by atoms with van der Waals surface area (Å²) >= 11 is 0. The van der Waals surface area contributed by atoms with Gasteiger partial charge in [0.1, 0.15) is 18.2 Å². The van der Waals surface area contributed by atoms with Gasteiger partial charge >= 0.3 is 0 Å². The molecule has 0 aromatic heterocycles. The summed E-state index contributed by atoms with van der Waals surface area (Å²) in [4.78, 5) is 0. The van der Waals surface area contributed by atoms with E-state index in [9.17, 15) is 4.39 Å². The highest BCUT2D eigenvalue weighted by Crippen LogP contribution is 2.14. The van der Waals surface area contributed by atoms with Crippen molar-refractivity contribution in [3.8, 4) is 5.75 Å². The Hall–Kier alpha value is -1.87. The molecule has 0 aliphatic rings. The fourth-order valence-corrected chi connectivity index (χ4v) is 1.89. The van der Waals surface area contributed by atoms with E-state index in [4.69, 9.17) is 4.74 Å². The molecule has 0 heterocycles. The molecule has 1 N–H and O–H groups in total. The second-order valence-corrected chi connectivity index (χ2v) is 4.74. The van der Waals surface area contributed by atoms with Gasteiger partial charge < -0.3 is 10.1 Å². The largest absolute Gasteiger partial charge is 0.489 e. The Kier molecular flexibility index (Phi) is 5.56. The molecule has 0 saturated carbocycles. The van der Waals surface area contributed by atoms with Gasteiger partial charge in [0, 0.05) is 12.6 Å². The van der Waals surface area contributed by atoms with Gasteiger partial charge in [0.25, 0.3) is 0 Å². The van der Waals surface area contributed by atoms with Crippen LogP contribution in [-0.4, -0.2) is 6.54 Å². The fourth-order valence-electron chi connectivity index (χ4n) is 1.89. The topological polar surface area (TPSA) is 21.3 Å². The van der Waals surface area contributed by atoms with Crippen molar-refractivity contribution in [2.75, 3.05) is 6.54 Å². The number of halogens is 1. The number of hydrogen-bond acceptors (Lipinski definition) is 2. The lowest BCUT2D eigenvalue weighted by Crippen LogP contribution is -2.13. The molecular weight excluding hydrogens is 253 g/mol. The monoisotopic (exact) mass is 273 g/mol. The van der Waals surface area contributed by atoms with Crippen molar-refractivity contribution < 1.29 is 9.13 Å².